The number of fused-ring (bicyclic) bond motifs is 2. The second-order valence-corrected chi connectivity index (χ2v) is 5.87. The number of carbonyl (C=O) groups is 3. The molecule has 1 aliphatic carbocycles. The van der Waals surface area contributed by atoms with Gasteiger partial charge in [-0.3, -0.25) is 14.4 Å². The first-order valence-electron chi connectivity index (χ1n) is 8.22. The number of carbonyl (C=O) groups excluding carboxylic acids is 3. The van der Waals surface area contributed by atoms with Crippen molar-refractivity contribution in [3.8, 4) is 11.5 Å². The van der Waals surface area contributed by atoms with Crippen molar-refractivity contribution in [2.75, 3.05) is 0 Å². The minimum atomic E-state index is -0.667. The fraction of sp³-hybridized carbons (Fsp3) is 0.250. The third-order valence-electron chi connectivity index (χ3n) is 4.39. The van der Waals surface area contributed by atoms with Crippen LogP contribution in [0.2, 0.25) is 0 Å². The highest BCUT2D eigenvalue weighted by Gasteiger charge is 2.38. The molecule has 1 aliphatic rings. The van der Waals surface area contributed by atoms with E-state index in [2.05, 4.69) is 0 Å². The first-order valence-corrected chi connectivity index (χ1v) is 8.22. The number of rotatable bonds is 4. The molecule has 0 amide bonds. The van der Waals surface area contributed by atoms with E-state index in [9.17, 15) is 19.5 Å². The lowest BCUT2D eigenvalue weighted by molar-refractivity contribution is -0.134. The smallest absolute Gasteiger partial charge is 0.310 e. The molecular formula is C20H18O5. The minimum Gasteiger partial charge on any atom is -0.507 e. The summed E-state index contributed by atoms with van der Waals surface area (Å²) >= 11 is 0. The fourth-order valence-corrected chi connectivity index (χ4v) is 3.20. The zero-order valence-electron chi connectivity index (χ0n) is 14.0. The van der Waals surface area contributed by atoms with Gasteiger partial charge in [-0.1, -0.05) is 38.1 Å². The lowest BCUT2D eigenvalue weighted by Crippen LogP contribution is -2.26. The molecule has 0 saturated carbocycles. The van der Waals surface area contributed by atoms with Crippen molar-refractivity contribution in [2.24, 2.45) is 0 Å². The molecule has 0 saturated heterocycles. The van der Waals surface area contributed by atoms with Gasteiger partial charge in [0.05, 0.1) is 17.0 Å². The molecule has 128 valence electrons. The molecule has 0 heterocycles. The first-order chi connectivity index (χ1) is 12.0. The zero-order valence-corrected chi connectivity index (χ0v) is 14.0. The van der Waals surface area contributed by atoms with Crippen LogP contribution in [-0.4, -0.2) is 22.6 Å². The van der Waals surface area contributed by atoms with Gasteiger partial charge in [0, 0.05) is 12.8 Å². The Labute approximate surface area is 145 Å². The summed E-state index contributed by atoms with van der Waals surface area (Å²) in [5, 5.41) is 10.2. The topological polar surface area (TPSA) is 80.7 Å². The van der Waals surface area contributed by atoms with Gasteiger partial charge in [-0.2, -0.15) is 0 Å². The van der Waals surface area contributed by atoms with Crippen LogP contribution < -0.4 is 4.74 Å². The Balaban J connectivity index is 2.28. The average Bonchev–Trinajstić information content (AvgIpc) is 2.61. The number of aromatic hydroxyl groups is 1. The maximum absolute atomic E-state index is 13.0. The van der Waals surface area contributed by atoms with Gasteiger partial charge < -0.3 is 9.84 Å². The molecule has 2 aromatic rings. The van der Waals surface area contributed by atoms with Gasteiger partial charge in [0.1, 0.15) is 17.3 Å². The summed E-state index contributed by atoms with van der Waals surface area (Å²) in [6.45, 7) is 3.41. The predicted octanol–water partition coefficient (Wildman–Crippen LogP) is 3.36. The number of ether oxygens (including phenoxy) is 1. The van der Waals surface area contributed by atoms with Crippen molar-refractivity contribution in [3.05, 3.63) is 58.7 Å². The Hall–Kier alpha value is -2.95. The summed E-state index contributed by atoms with van der Waals surface area (Å²) in [6, 6.07) is 9.59. The standard InChI is InChI=1S/C20H18O5/c1-3-13(21)17-11-7-5-9-14(22)18(11)20(24)19-12(17)8-6-10-15(19)25-16(23)4-2/h5-10,17,22H,3-4H2,1-2H3. The van der Waals surface area contributed by atoms with Crippen LogP contribution in [0.5, 0.6) is 11.5 Å². The van der Waals surface area contributed by atoms with Crippen LogP contribution in [0.3, 0.4) is 0 Å². The van der Waals surface area contributed by atoms with E-state index in [1.165, 1.54) is 12.1 Å². The Morgan fingerprint density at radius 1 is 1.00 bits per heavy atom. The fourth-order valence-electron chi connectivity index (χ4n) is 3.20. The average molecular weight is 338 g/mol. The number of esters is 1. The Bertz CT molecular complexity index is 882. The molecule has 1 N–H and O–H groups in total. The quantitative estimate of drug-likeness (QED) is 0.683. The van der Waals surface area contributed by atoms with Crippen molar-refractivity contribution >= 4 is 17.5 Å². The molecule has 2 aromatic carbocycles. The molecule has 0 aromatic heterocycles. The highest BCUT2D eigenvalue weighted by Crippen LogP contribution is 2.43. The van der Waals surface area contributed by atoms with Crippen molar-refractivity contribution in [3.63, 3.8) is 0 Å². The van der Waals surface area contributed by atoms with Crippen LogP contribution in [0.25, 0.3) is 0 Å². The lowest BCUT2D eigenvalue weighted by atomic mass is 9.74. The molecule has 0 aliphatic heterocycles. The van der Waals surface area contributed by atoms with Gasteiger partial charge in [-0.05, 0) is 23.3 Å². The van der Waals surface area contributed by atoms with E-state index in [0.717, 1.165) is 0 Å². The molecule has 3 rings (SSSR count). The monoisotopic (exact) mass is 338 g/mol. The number of ketones is 2. The molecule has 5 nitrogen and oxygen atoms in total. The lowest BCUT2D eigenvalue weighted by Gasteiger charge is -2.28. The second-order valence-electron chi connectivity index (χ2n) is 5.87. The first kappa shape index (κ1) is 16.9. The van der Waals surface area contributed by atoms with E-state index in [1.807, 2.05) is 0 Å². The Morgan fingerprint density at radius 2 is 1.64 bits per heavy atom. The van der Waals surface area contributed by atoms with E-state index in [0.29, 0.717) is 11.1 Å². The largest absolute Gasteiger partial charge is 0.507 e. The van der Waals surface area contributed by atoms with Gasteiger partial charge in [0.25, 0.3) is 0 Å². The van der Waals surface area contributed by atoms with E-state index >= 15 is 0 Å². The van der Waals surface area contributed by atoms with Crippen molar-refractivity contribution in [2.45, 2.75) is 32.6 Å². The van der Waals surface area contributed by atoms with Crippen LogP contribution in [-0.2, 0) is 9.59 Å². The summed E-state index contributed by atoms with van der Waals surface area (Å²) in [4.78, 5) is 37.3. The van der Waals surface area contributed by atoms with Gasteiger partial charge in [-0.15, -0.1) is 0 Å². The molecule has 0 spiro atoms. The Morgan fingerprint density at radius 3 is 2.28 bits per heavy atom. The molecule has 1 unspecified atom stereocenters. The number of phenolic OH excluding ortho intramolecular Hbond substituents is 1. The maximum Gasteiger partial charge on any atom is 0.310 e. The number of hydrogen-bond acceptors (Lipinski definition) is 5. The van der Waals surface area contributed by atoms with Gasteiger partial charge in [-0.25, -0.2) is 0 Å². The highest BCUT2D eigenvalue weighted by atomic mass is 16.5. The summed E-state index contributed by atoms with van der Waals surface area (Å²) in [6.07, 6.45) is 0.448. The zero-order chi connectivity index (χ0) is 18.1. The molecule has 0 bridgehead atoms. The number of phenols is 1. The maximum atomic E-state index is 13.0. The molecule has 25 heavy (non-hydrogen) atoms. The third kappa shape index (κ3) is 2.71. The van der Waals surface area contributed by atoms with Crippen LogP contribution in [0, 0.1) is 0 Å². The van der Waals surface area contributed by atoms with E-state index < -0.39 is 17.7 Å². The summed E-state index contributed by atoms with van der Waals surface area (Å²) < 4.78 is 5.30. The van der Waals surface area contributed by atoms with Crippen molar-refractivity contribution < 1.29 is 24.2 Å². The van der Waals surface area contributed by atoms with Gasteiger partial charge in [0.2, 0.25) is 5.78 Å². The summed E-state index contributed by atoms with van der Waals surface area (Å²) in [5.74, 6) is -1.71. The SMILES string of the molecule is CCC(=O)Oc1cccc2c1C(=O)c1c(O)cccc1C2C(=O)CC. The predicted molar refractivity (Wildman–Crippen MR) is 91.0 cm³/mol. The van der Waals surface area contributed by atoms with Crippen LogP contribution in [0.15, 0.2) is 36.4 Å². The van der Waals surface area contributed by atoms with Gasteiger partial charge >= 0.3 is 5.97 Å². The number of hydrogen-bond donors (Lipinski definition) is 1. The minimum absolute atomic E-state index is 0.0698. The summed E-state index contributed by atoms with van der Waals surface area (Å²) in [7, 11) is 0. The molecular weight excluding hydrogens is 320 g/mol. The third-order valence-corrected chi connectivity index (χ3v) is 4.39. The van der Waals surface area contributed by atoms with Crippen LogP contribution >= 0.6 is 0 Å². The van der Waals surface area contributed by atoms with E-state index in [4.69, 9.17) is 4.74 Å². The van der Waals surface area contributed by atoms with Crippen molar-refractivity contribution in [1.82, 2.24) is 0 Å². The molecule has 5 heteroatoms. The normalized spacial score (nSPS) is 15.3. The van der Waals surface area contributed by atoms with E-state index in [1.54, 1.807) is 38.1 Å². The number of benzene rings is 2. The second kappa shape index (κ2) is 6.51. The Kier molecular flexibility index (Phi) is 4.40. The molecule has 0 fully saturated rings. The van der Waals surface area contributed by atoms with Crippen LogP contribution in [0.1, 0.15) is 59.7 Å². The highest BCUT2D eigenvalue weighted by molar-refractivity contribution is 6.18. The number of Topliss-reactive ketones (excluding diaryl/α,β-unsaturated/α-hetero) is 1. The molecule has 1 atom stereocenters. The van der Waals surface area contributed by atoms with E-state index in [-0.39, 0.29) is 41.3 Å². The van der Waals surface area contributed by atoms with Gasteiger partial charge in [0.15, 0.2) is 0 Å². The molecule has 0 radical (unpaired) electrons. The van der Waals surface area contributed by atoms with Crippen molar-refractivity contribution in [1.29, 1.82) is 0 Å². The summed E-state index contributed by atoms with van der Waals surface area (Å²) in [5.41, 5.74) is 1.27. The van der Waals surface area contributed by atoms with Crippen LogP contribution in [0.4, 0.5) is 0 Å².